The smallest absolute Gasteiger partial charge is 0.346 e. The number of carbonyl (C=O) groups is 1. The van der Waals surface area contributed by atoms with Crippen LogP contribution in [-0.2, 0) is 9.53 Å². The zero-order valence-corrected chi connectivity index (χ0v) is 18.3. The highest BCUT2D eigenvalue weighted by Gasteiger charge is 2.24. The largest absolute Gasteiger partial charge is 0.473 e. The molecule has 1 aromatic heterocycles. The van der Waals surface area contributed by atoms with Crippen LogP contribution in [0.2, 0.25) is 0 Å². The van der Waals surface area contributed by atoms with Gasteiger partial charge in [-0.1, -0.05) is 32.1 Å². The first-order valence-corrected chi connectivity index (χ1v) is 11.4. The number of anilines is 1. The minimum Gasteiger partial charge on any atom is -0.473 e. The lowest BCUT2D eigenvalue weighted by molar-refractivity contribution is -0.147. The normalized spacial score (nSPS) is 18.8. The molecule has 1 N–H and O–H groups in total. The van der Waals surface area contributed by atoms with E-state index in [1.165, 1.54) is 26.5 Å². The monoisotopic (exact) mass is 430 g/mol. The van der Waals surface area contributed by atoms with Gasteiger partial charge in [0.2, 0.25) is 5.43 Å². The third-order valence-corrected chi connectivity index (χ3v) is 6.61. The number of aromatic nitrogens is 1. The lowest BCUT2D eigenvalue weighted by atomic mass is 9.95. The van der Waals surface area contributed by atoms with Gasteiger partial charge >= 0.3 is 5.97 Å². The van der Waals surface area contributed by atoms with Gasteiger partial charge in [-0.2, -0.15) is 0 Å². The quantitative estimate of drug-likeness (QED) is 0.658. The number of rotatable bonds is 6. The Morgan fingerprint density at radius 2 is 1.81 bits per heavy atom. The van der Waals surface area contributed by atoms with Crippen molar-refractivity contribution >= 4 is 22.6 Å². The maximum Gasteiger partial charge on any atom is 0.346 e. The van der Waals surface area contributed by atoms with Crippen LogP contribution in [0.3, 0.4) is 0 Å². The predicted octanol–water partition coefficient (Wildman–Crippen LogP) is 4.94. The molecular weight excluding hydrogens is 399 g/mol. The van der Waals surface area contributed by atoms with Crippen molar-refractivity contribution in [3.8, 4) is 5.75 Å². The maximum absolute atomic E-state index is 15.0. The van der Waals surface area contributed by atoms with Crippen LogP contribution in [-0.4, -0.2) is 29.8 Å². The molecule has 2 aromatic rings. The van der Waals surface area contributed by atoms with Crippen LogP contribution in [0.4, 0.5) is 10.1 Å². The molecule has 0 saturated heterocycles. The number of benzene rings is 1. The first-order chi connectivity index (χ1) is 15.0. The number of halogens is 1. The highest BCUT2D eigenvalue weighted by molar-refractivity contribution is 5.84. The van der Waals surface area contributed by atoms with Gasteiger partial charge in [-0.25, -0.2) is 9.18 Å². The number of esters is 1. The average Bonchev–Trinajstić information content (AvgIpc) is 3.31. The van der Waals surface area contributed by atoms with E-state index in [0.717, 1.165) is 51.4 Å². The van der Waals surface area contributed by atoms with Crippen LogP contribution < -0.4 is 15.5 Å². The fourth-order valence-corrected chi connectivity index (χ4v) is 4.90. The van der Waals surface area contributed by atoms with Crippen molar-refractivity contribution in [2.24, 2.45) is 0 Å². The van der Waals surface area contributed by atoms with E-state index >= 15 is 4.39 Å². The van der Waals surface area contributed by atoms with Crippen molar-refractivity contribution in [3.63, 3.8) is 0 Å². The molecule has 0 aliphatic heterocycles. The lowest BCUT2D eigenvalue weighted by Gasteiger charge is -2.25. The van der Waals surface area contributed by atoms with Crippen LogP contribution in [0, 0.1) is 5.82 Å². The van der Waals surface area contributed by atoms with E-state index in [4.69, 9.17) is 9.47 Å². The van der Waals surface area contributed by atoms with Crippen LogP contribution in [0.1, 0.15) is 70.8 Å². The molecule has 31 heavy (non-hydrogen) atoms. The standard InChI is InChI=1S/C24H31FN2O4/c1-15(24(29)30-2)31-22-14-27(17-10-6-7-11-17)21-13-20(19(25)12-18(21)23(22)28)26-16-8-4-3-5-9-16/h12-17,26H,3-11H2,1-2H3/t15-/m0/s1. The molecule has 6 nitrogen and oxygen atoms in total. The molecule has 0 spiro atoms. The van der Waals surface area contributed by atoms with E-state index < -0.39 is 23.3 Å². The Kier molecular flexibility index (Phi) is 6.49. The molecule has 4 rings (SSSR count). The van der Waals surface area contributed by atoms with Crippen LogP contribution >= 0.6 is 0 Å². The number of pyridine rings is 1. The number of hydrogen-bond donors (Lipinski definition) is 1. The van der Waals surface area contributed by atoms with E-state index in [-0.39, 0.29) is 23.2 Å². The second-order valence-electron chi connectivity index (χ2n) is 8.78. The Morgan fingerprint density at radius 3 is 2.48 bits per heavy atom. The summed E-state index contributed by atoms with van der Waals surface area (Å²) in [7, 11) is 1.27. The van der Waals surface area contributed by atoms with E-state index in [2.05, 4.69) is 5.32 Å². The van der Waals surface area contributed by atoms with Gasteiger partial charge in [0, 0.05) is 12.1 Å². The molecule has 2 aliphatic carbocycles. The average molecular weight is 431 g/mol. The number of fused-ring (bicyclic) bond motifs is 1. The van der Waals surface area contributed by atoms with Gasteiger partial charge in [-0.05, 0) is 44.7 Å². The molecule has 7 heteroatoms. The molecule has 0 radical (unpaired) electrons. The summed E-state index contributed by atoms with van der Waals surface area (Å²) in [6.07, 6.45) is 10.6. The van der Waals surface area contributed by atoms with Crippen molar-refractivity contribution in [1.29, 1.82) is 0 Å². The number of nitrogens with zero attached hydrogens (tertiary/aromatic N) is 1. The Morgan fingerprint density at radius 1 is 1.13 bits per heavy atom. The fourth-order valence-electron chi connectivity index (χ4n) is 4.90. The summed E-state index contributed by atoms with van der Waals surface area (Å²) in [5, 5.41) is 3.64. The van der Waals surface area contributed by atoms with E-state index in [1.807, 2.05) is 4.57 Å². The first-order valence-electron chi connectivity index (χ1n) is 11.4. The number of hydrogen-bond acceptors (Lipinski definition) is 5. The highest BCUT2D eigenvalue weighted by Crippen LogP contribution is 2.34. The molecule has 1 aromatic carbocycles. The second kappa shape index (κ2) is 9.28. The summed E-state index contributed by atoms with van der Waals surface area (Å²) in [6.45, 7) is 1.53. The summed E-state index contributed by atoms with van der Waals surface area (Å²) < 4.78 is 27.4. The Hall–Kier alpha value is -2.57. The third kappa shape index (κ3) is 4.55. The van der Waals surface area contributed by atoms with E-state index in [1.54, 1.807) is 12.3 Å². The molecule has 0 bridgehead atoms. The van der Waals surface area contributed by atoms with Gasteiger partial charge in [-0.3, -0.25) is 4.79 Å². The Labute approximate surface area is 181 Å². The number of carbonyl (C=O) groups excluding carboxylic acids is 1. The highest BCUT2D eigenvalue weighted by atomic mass is 19.1. The SMILES string of the molecule is COC(=O)[C@H](C)Oc1cn(C2CCCC2)c2cc(NC3CCCCC3)c(F)cc2c1=O. The van der Waals surface area contributed by atoms with Crippen molar-refractivity contribution in [2.45, 2.75) is 82.9 Å². The summed E-state index contributed by atoms with van der Waals surface area (Å²) in [5.41, 5.74) is 0.736. The van der Waals surface area contributed by atoms with Crippen molar-refractivity contribution in [1.82, 2.24) is 4.57 Å². The minimum atomic E-state index is -0.927. The van der Waals surface area contributed by atoms with Gasteiger partial charge in [-0.15, -0.1) is 0 Å². The van der Waals surface area contributed by atoms with E-state index in [0.29, 0.717) is 11.2 Å². The minimum absolute atomic E-state index is 0.0460. The zero-order chi connectivity index (χ0) is 22.0. The number of methoxy groups -OCH3 is 1. The molecule has 1 atom stereocenters. The molecule has 0 amide bonds. The third-order valence-electron chi connectivity index (χ3n) is 6.61. The summed E-state index contributed by atoms with van der Waals surface area (Å²) in [4.78, 5) is 24.9. The van der Waals surface area contributed by atoms with Gasteiger partial charge in [0.1, 0.15) is 5.82 Å². The maximum atomic E-state index is 15.0. The molecule has 0 unspecified atom stereocenters. The lowest BCUT2D eigenvalue weighted by Crippen LogP contribution is -2.28. The molecule has 168 valence electrons. The molecule has 2 aliphatic rings. The van der Waals surface area contributed by atoms with Gasteiger partial charge in [0.25, 0.3) is 0 Å². The van der Waals surface area contributed by atoms with Crippen LogP contribution in [0.5, 0.6) is 5.75 Å². The van der Waals surface area contributed by atoms with Crippen molar-refractivity contribution in [3.05, 3.63) is 34.4 Å². The zero-order valence-electron chi connectivity index (χ0n) is 18.3. The fraction of sp³-hybridized carbons (Fsp3) is 0.583. The van der Waals surface area contributed by atoms with E-state index in [9.17, 15) is 9.59 Å². The van der Waals surface area contributed by atoms with Crippen LogP contribution in [0.25, 0.3) is 10.9 Å². The molecule has 1 heterocycles. The van der Waals surface area contributed by atoms with Crippen molar-refractivity contribution < 1.29 is 18.7 Å². The van der Waals surface area contributed by atoms with Gasteiger partial charge in [0.05, 0.1) is 29.9 Å². The summed E-state index contributed by atoms with van der Waals surface area (Å²) in [6, 6.07) is 3.55. The van der Waals surface area contributed by atoms with Gasteiger partial charge in [0.15, 0.2) is 11.9 Å². The Bertz CT molecular complexity index is 1010. The predicted molar refractivity (Wildman–Crippen MR) is 118 cm³/mol. The molecule has 2 saturated carbocycles. The second-order valence-corrected chi connectivity index (χ2v) is 8.78. The molecule has 2 fully saturated rings. The summed E-state index contributed by atoms with van der Waals surface area (Å²) >= 11 is 0. The topological polar surface area (TPSA) is 69.6 Å². The number of ether oxygens (including phenoxy) is 2. The van der Waals surface area contributed by atoms with Gasteiger partial charge < -0.3 is 19.4 Å². The molecular formula is C24H31FN2O4. The Balaban J connectivity index is 1.78. The number of nitrogens with one attached hydrogen (secondary N) is 1. The van der Waals surface area contributed by atoms with Crippen molar-refractivity contribution in [2.75, 3.05) is 12.4 Å². The first kappa shape index (κ1) is 21.7. The summed E-state index contributed by atoms with van der Waals surface area (Å²) in [5.74, 6) is -0.957. The van der Waals surface area contributed by atoms with Crippen LogP contribution in [0.15, 0.2) is 23.1 Å².